The molecule has 0 aromatic rings. The second kappa shape index (κ2) is 4.16. The van der Waals surface area contributed by atoms with Crippen LogP contribution in [-0.4, -0.2) is 31.3 Å². The number of hydrogen-bond acceptors (Lipinski definition) is 2. The molecule has 1 N–H and O–H groups in total. The minimum absolute atomic E-state index is 0.276. The lowest BCUT2D eigenvalue weighted by molar-refractivity contribution is -0.174. The van der Waals surface area contributed by atoms with E-state index in [1.54, 1.807) is 6.92 Å². The van der Waals surface area contributed by atoms with E-state index >= 15 is 0 Å². The van der Waals surface area contributed by atoms with E-state index in [0.717, 1.165) is 0 Å². The molecule has 0 aliphatic carbocycles. The molecule has 1 rings (SSSR count). The molecule has 3 nitrogen and oxygen atoms in total. The molecule has 1 amide bonds. The summed E-state index contributed by atoms with van der Waals surface area (Å²) in [7, 11) is 0. The van der Waals surface area contributed by atoms with Crippen molar-refractivity contribution < 1.29 is 22.7 Å². The number of amides is 1. The first-order chi connectivity index (χ1) is 6.39. The van der Waals surface area contributed by atoms with Crippen molar-refractivity contribution in [3.63, 3.8) is 0 Å². The molecule has 0 radical (unpaired) electrons. The average Bonchev–Trinajstić information content (AvgIpc) is 1.95. The molecule has 0 bridgehead atoms. The summed E-state index contributed by atoms with van der Waals surface area (Å²) < 4.78 is 40.3. The lowest BCUT2D eigenvalue weighted by Gasteiger charge is -2.28. The quantitative estimate of drug-likeness (QED) is 0.758. The van der Waals surface area contributed by atoms with Crippen molar-refractivity contribution in [2.24, 2.45) is 5.92 Å². The van der Waals surface area contributed by atoms with Crippen LogP contribution in [-0.2, 0) is 9.53 Å². The summed E-state index contributed by atoms with van der Waals surface area (Å²) >= 11 is 0. The maximum atomic E-state index is 11.8. The minimum Gasteiger partial charge on any atom is -0.381 e. The van der Waals surface area contributed by atoms with Gasteiger partial charge in [0.1, 0.15) is 0 Å². The molecule has 1 unspecified atom stereocenters. The number of hydrogen-bond donors (Lipinski definition) is 1. The summed E-state index contributed by atoms with van der Waals surface area (Å²) in [5.74, 6) is -1.59. The van der Waals surface area contributed by atoms with Crippen LogP contribution in [0, 0.1) is 5.92 Å². The number of nitrogens with one attached hydrogen (secondary N) is 1. The molecule has 6 heteroatoms. The van der Waals surface area contributed by atoms with Crippen LogP contribution in [0.15, 0.2) is 0 Å². The van der Waals surface area contributed by atoms with Gasteiger partial charge in [0, 0.05) is 12.0 Å². The third-order valence-electron chi connectivity index (χ3n) is 2.03. The molecule has 1 aliphatic rings. The van der Waals surface area contributed by atoms with Gasteiger partial charge in [-0.3, -0.25) is 4.79 Å². The number of carbonyl (C=O) groups is 1. The summed E-state index contributed by atoms with van der Waals surface area (Å²) in [5, 5.41) is 1.90. The number of rotatable bonds is 3. The normalized spacial score (nSPS) is 20.0. The predicted molar refractivity (Wildman–Crippen MR) is 42.6 cm³/mol. The lowest BCUT2D eigenvalue weighted by Crippen LogP contribution is -2.44. The molecule has 82 valence electrons. The Morgan fingerprint density at radius 1 is 1.57 bits per heavy atom. The van der Waals surface area contributed by atoms with Gasteiger partial charge in [0.05, 0.1) is 13.2 Å². The first kappa shape index (κ1) is 11.3. The van der Waals surface area contributed by atoms with Gasteiger partial charge in [0.25, 0.3) is 0 Å². The Kier molecular flexibility index (Phi) is 3.36. The fraction of sp³-hybridized carbons (Fsp3) is 0.875. The van der Waals surface area contributed by atoms with Gasteiger partial charge < -0.3 is 10.1 Å². The Balaban J connectivity index is 2.25. The van der Waals surface area contributed by atoms with Gasteiger partial charge in [-0.2, -0.15) is 13.2 Å². The lowest BCUT2D eigenvalue weighted by atomic mass is 9.99. The van der Waals surface area contributed by atoms with Crippen LogP contribution in [0.1, 0.15) is 13.3 Å². The van der Waals surface area contributed by atoms with Crippen molar-refractivity contribution in [2.75, 3.05) is 13.2 Å². The van der Waals surface area contributed by atoms with Gasteiger partial charge in [-0.05, 0) is 13.3 Å². The molecule has 0 aromatic carbocycles. The Morgan fingerprint density at radius 2 is 2.14 bits per heavy atom. The summed E-state index contributed by atoms with van der Waals surface area (Å²) in [6, 6.07) is -0.460. The number of halogens is 3. The van der Waals surface area contributed by atoms with Gasteiger partial charge in [-0.1, -0.05) is 0 Å². The van der Waals surface area contributed by atoms with E-state index in [4.69, 9.17) is 4.74 Å². The van der Waals surface area contributed by atoms with Gasteiger partial charge in [-0.25, -0.2) is 0 Å². The third kappa shape index (κ3) is 3.17. The maximum Gasteiger partial charge on any atom is 0.471 e. The predicted octanol–water partition coefficient (Wildman–Crippen LogP) is 1.09. The largest absolute Gasteiger partial charge is 0.471 e. The molecule has 1 atom stereocenters. The standard InChI is InChI=1S/C8H12F3NO2/c1-5(2-6-3-14-4-6)12-7(13)8(9,10)11/h5-6H,2-4H2,1H3,(H,12,13). The summed E-state index contributed by atoms with van der Waals surface area (Å²) in [6.45, 7) is 2.71. The van der Waals surface area contributed by atoms with Crippen LogP contribution in [0.2, 0.25) is 0 Å². The molecular weight excluding hydrogens is 199 g/mol. The second-order valence-corrected chi connectivity index (χ2v) is 3.51. The fourth-order valence-corrected chi connectivity index (χ4v) is 1.29. The highest BCUT2D eigenvalue weighted by Gasteiger charge is 2.39. The molecule has 1 saturated heterocycles. The van der Waals surface area contributed by atoms with Gasteiger partial charge in [-0.15, -0.1) is 0 Å². The second-order valence-electron chi connectivity index (χ2n) is 3.51. The zero-order valence-electron chi connectivity index (χ0n) is 7.73. The summed E-state index contributed by atoms with van der Waals surface area (Å²) in [6.07, 6.45) is -4.26. The molecular formula is C8H12F3NO2. The molecule has 14 heavy (non-hydrogen) atoms. The van der Waals surface area contributed by atoms with Gasteiger partial charge in [0.2, 0.25) is 0 Å². The van der Waals surface area contributed by atoms with Crippen molar-refractivity contribution in [3.05, 3.63) is 0 Å². The van der Waals surface area contributed by atoms with Crippen LogP contribution < -0.4 is 5.32 Å². The van der Waals surface area contributed by atoms with Crippen molar-refractivity contribution in [2.45, 2.75) is 25.6 Å². The van der Waals surface area contributed by atoms with E-state index in [9.17, 15) is 18.0 Å². The van der Waals surface area contributed by atoms with E-state index in [2.05, 4.69) is 0 Å². The maximum absolute atomic E-state index is 11.8. The highest BCUT2D eigenvalue weighted by atomic mass is 19.4. The van der Waals surface area contributed by atoms with E-state index in [1.807, 2.05) is 5.32 Å². The number of alkyl halides is 3. The van der Waals surface area contributed by atoms with Gasteiger partial charge >= 0.3 is 12.1 Å². The fourth-order valence-electron chi connectivity index (χ4n) is 1.29. The first-order valence-corrected chi connectivity index (χ1v) is 4.35. The minimum atomic E-state index is -4.79. The molecule has 1 fully saturated rings. The SMILES string of the molecule is CC(CC1COC1)NC(=O)C(F)(F)F. The number of carbonyl (C=O) groups excluding carboxylic acids is 1. The van der Waals surface area contributed by atoms with Crippen molar-refractivity contribution in [1.82, 2.24) is 5.32 Å². The van der Waals surface area contributed by atoms with E-state index < -0.39 is 18.1 Å². The Hall–Kier alpha value is -0.780. The van der Waals surface area contributed by atoms with Crippen LogP contribution in [0.5, 0.6) is 0 Å². The highest BCUT2D eigenvalue weighted by Crippen LogP contribution is 2.18. The Labute approximate surface area is 79.6 Å². The topological polar surface area (TPSA) is 38.3 Å². The Bertz CT molecular complexity index is 213. The van der Waals surface area contributed by atoms with Crippen LogP contribution >= 0.6 is 0 Å². The number of ether oxygens (including phenoxy) is 1. The molecule has 0 spiro atoms. The molecule has 1 heterocycles. The Morgan fingerprint density at radius 3 is 2.50 bits per heavy atom. The highest BCUT2D eigenvalue weighted by molar-refractivity contribution is 5.81. The van der Waals surface area contributed by atoms with Crippen LogP contribution in [0.3, 0.4) is 0 Å². The monoisotopic (exact) mass is 211 g/mol. The van der Waals surface area contributed by atoms with Crippen molar-refractivity contribution in [1.29, 1.82) is 0 Å². The average molecular weight is 211 g/mol. The van der Waals surface area contributed by atoms with Crippen molar-refractivity contribution >= 4 is 5.91 Å². The summed E-state index contributed by atoms with van der Waals surface area (Å²) in [5.41, 5.74) is 0. The van der Waals surface area contributed by atoms with Crippen LogP contribution in [0.25, 0.3) is 0 Å². The molecule has 0 saturated carbocycles. The van der Waals surface area contributed by atoms with E-state index in [1.165, 1.54) is 0 Å². The third-order valence-corrected chi connectivity index (χ3v) is 2.03. The van der Waals surface area contributed by atoms with Crippen LogP contribution in [0.4, 0.5) is 13.2 Å². The molecule has 1 aliphatic heterocycles. The summed E-state index contributed by atoms with van der Waals surface area (Å²) in [4.78, 5) is 10.5. The molecule has 0 aromatic heterocycles. The van der Waals surface area contributed by atoms with E-state index in [0.29, 0.717) is 19.6 Å². The first-order valence-electron chi connectivity index (χ1n) is 4.35. The van der Waals surface area contributed by atoms with E-state index in [-0.39, 0.29) is 5.92 Å². The zero-order valence-corrected chi connectivity index (χ0v) is 7.73. The zero-order chi connectivity index (χ0) is 10.8. The van der Waals surface area contributed by atoms with Crippen molar-refractivity contribution in [3.8, 4) is 0 Å². The smallest absolute Gasteiger partial charge is 0.381 e. The van der Waals surface area contributed by atoms with Gasteiger partial charge in [0.15, 0.2) is 0 Å².